The van der Waals surface area contributed by atoms with Crippen LogP contribution in [-0.2, 0) is 11.3 Å². The van der Waals surface area contributed by atoms with Crippen LogP contribution in [0.4, 0.5) is 9.18 Å². The Morgan fingerprint density at radius 3 is 2.66 bits per heavy atom. The molecule has 1 saturated heterocycles. The van der Waals surface area contributed by atoms with Gasteiger partial charge in [-0.25, -0.2) is 14.2 Å². The number of halogens is 1. The molecule has 1 amide bonds. The van der Waals surface area contributed by atoms with E-state index >= 15 is 0 Å². The first-order chi connectivity index (χ1) is 14.0. The van der Waals surface area contributed by atoms with Gasteiger partial charge in [-0.2, -0.15) is 0 Å². The van der Waals surface area contributed by atoms with Crippen LogP contribution in [-0.4, -0.2) is 58.6 Å². The third kappa shape index (κ3) is 4.15. The lowest BCUT2D eigenvalue weighted by molar-refractivity contribution is 0.0772. The predicted molar refractivity (Wildman–Crippen MR) is 110 cm³/mol. The number of hydrogen-bond acceptors (Lipinski definition) is 6. The Hall–Kier alpha value is -2.78. The van der Waals surface area contributed by atoms with E-state index in [1.165, 1.54) is 23.5 Å². The molecule has 1 aliphatic heterocycles. The van der Waals surface area contributed by atoms with Crippen molar-refractivity contribution < 1.29 is 13.9 Å². The third-order valence-electron chi connectivity index (χ3n) is 4.92. The van der Waals surface area contributed by atoms with Crippen LogP contribution in [0.15, 0.2) is 34.4 Å². The van der Waals surface area contributed by atoms with E-state index in [1.54, 1.807) is 24.0 Å². The molecule has 0 unspecified atom stereocenters. The molecular formula is C20H21FN4O3S. The van der Waals surface area contributed by atoms with Crippen LogP contribution in [0.5, 0.6) is 0 Å². The van der Waals surface area contributed by atoms with Crippen molar-refractivity contribution in [3.8, 4) is 11.1 Å². The Balaban J connectivity index is 1.50. The minimum Gasteiger partial charge on any atom is -0.450 e. The van der Waals surface area contributed by atoms with Crippen LogP contribution in [0, 0.1) is 5.82 Å². The first-order valence-electron chi connectivity index (χ1n) is 9.45. The average Bonchev–Trinajstić information content (AvgIpc) is 3.14. The van der Waals surface area contributed by atoms with Crippen LogP contribution in [0.2, 0.25) is 0 Å². The third-order valence-corrected chi connectivity index (χ3v) is 5.79. The Morgan fingerprint density at radius 2 is 1.97 bits per heavy atom. The van der Waals surface area contributed by atoms with E-state index < -0.39 is 0 Å². The number of carbonyl (C=O) groups excluding carboxylic acids is 1. The van der Waals surface area contributed by atoms with Gasteiger partial charge < -0.3 is 14.6 Å². The number of benzene rings is 1. The smallest absolute Gasteiger partial charge is 0.409 e. The first kappa shape index (κ1) is 19.5. The highest BCUT2D eigenvalue weighted by molar-refractivity contribution is 7.17. The molecule has 9 heteroatoms. The maximum atomic E-state index is 13.2. The van der Waals surface area contributed by atoms with Gasteiger partial charge >= 0.3 is 6.09 Å². The number of nitrogens with one attached hydrogen (secondary N) is 1. The van der Waals surface area contributed by atoms with E-state index in [9.17, 15) is 14.0 Å². The lowest BCUT2D eigenvalue weighted by Crippen LogP contribution is -2.48. The van der Waals surface area contributed by atoms with E-state index in [4.69, 9.17) is 4.74 Å². The van der Waals surface area contributed by atoms with Gasteiger partial charge in [0.15, 0.2) is 0 Å². The van der Waals surface area contributed by atoms with E-state index in [0.717, 1.165) is 11.1 Å². The lowest BCUT2D eigenvalue weighted by Gasteiger charge is -2.33. The summed E-state index contributed by atoms with van der Waals surface area (Å²) in [5.41, 5.74) is 1.34. The number of aromatic amines is 1. The summed E-state index contributed by atoms with van der Waals surface area (Å²) in [7, 11) is 0. The van der Waals surface area contributed by atoms with Crippen LogP contribution in [0.25, 0.3) is 21.3 Å². The molecule has 1 fully saturated rings. The fourth-order valence-corrected chi connectivity index (χ4v) is 4.39. The molecule has 4 rings (SSSR count). The summed E-state index contributed by atoms with van der Waals surface area (Å²) in [6, 6.07) is 6.08. The second kappa shape index (κ2) is 8.30. The zero-order valence-corrected chi connectivity index (χ0v) is 16.8. The highest BCUT2D eigenvalue weighted by atomic mass is 32.1. The molecule has 1 aliphatic rings. The van der Waals surface area contributed by atoms with Crippen molar-refractivity contribution in [2.45, 2.75) is 13.5 Å². The van der Waals surface area contributed by atoms with Gasteiger partial charge in [0, 0.05) is 37.1 Å². The maximum Gasteiger partial charge on any atom is 0.409 e. The van der Waals surface area contributed by atoms with Crippen molar-refractivity contribution in [3.63, 3.8) is 0 Å². The first-order valence-corrected chi connectivity index (χ1v) is 10.3. The van der Waals surface area contributed by atoms with Crippen molar-refractivity contribution in [3.05, 3.63) is 51.6 Å². The van der Waals surface area contributed by atoms with Crippen molar-refractivity contribution in [2.75, 3.05) is 32.8 Å². The van der Waals surface area contributed by atoms with Gasteiger partial charge in [-0.1, -0.05) is 12.1 Å². The van der Waals surface area contributed by atoms with Crippen molar-refractivity contribution in [2.24, 2.45) is 0 Å². The normalized spacial score (nSPS) is 15.0. The molecular weight excluding hydrogens is 395 g/mol. The summed E-state index contributed by atoms with van der Waals surface area (Å²) in [6.45, 7) is 5.20. The Kier molecular flexibility index (Phi) is 5.59. The standard InChI is InChI=1S/C20H21FN4O3S/c1-2-28-20(27)25-9-7-24(8-10-25)11-16-22-18(26)17-15(12-29-19(17)23-16)13-3-5-14(21)6-4-13/h3-6,12H,2,7-11H2,1H3,(H,22,23,26). The number of fused-ring (bicyclic) bond motifs is 1. The number of nitrogens with zero attached hydrogens (tertiary/aromatic N) is 3. The van der Waals surface area contributed by atoms with Gasteiger partial charge in [-0.05, 0) is 24.6 Å². The van der Waals surface area contributed by atoms with Crippen LogP contribution < -0.4 is 5.56 Å². The molecule has 0 bridgehead atoms. The topological polar surface area (TPSA) is 78.5 Å². The van der Waals surface area contributed by atoms with Crippen LogP contribution >= 0.6 is 11.3 Å². The molecule has 3 aromatic rings. The number of thiophene rings is 1. The van der Waals surface area contributed by atoms with Gasteiger partial charge in [0.1, 0.15) is 16.5 Å². The summed E-state index contributed by atoms with van der Waals surface area (Å²) in [6.07, 6.45) is -0.285. The molecule has 2 aromatic heterocycles. The van der Waals surface area contributed by atoms with Crippen molar-refractivity contribution in [1.82, 2.24) is 19.8 Å². The fraction of sp³-hybridized carbons (Fsp3) is 0.350. The average molecular weight is 416 g/mol. The number of aromatic nitrogens is 2. The Labute approximate surface area is 170 Å². The predicted octanol–water partition coefficient (Wildman–Crippen LogP) is 3.06. The van der Waals surface area contributed by atoms with Gasteiger partial charge in [-0.15, -0.1) is 11.3 Å². The quantitative estimate of drug-likeness (QED) is 0.707. The summed E-state index contributed by atoms with van der Waals surface area (Å²) in [5.74, 6) is 0.283. The van der Waals surface area contributed by atoms with Crippen LogP contribution in [0.1, 0.15) is 12.7 Å². The van der Waals surface area contributed by atoms with Crippen molar-refractivity contribution in [1.29, 1.82) is 0 Å². The zero-order chi connectivity index (χ0) is 20.4. The second-order valence-electron chi connectivity index (χ2n) is 6.81. The monoisotopic (exact) mass is 416 g/mol. The van der Waals surface area contributed by atoms with Gasteiger partial charge in [0.25, 0.3) is 5.56 Å². The van der Waals surface area contributed by atoms with Crippen LogP contribution in [0.3, 0.4) is 0 Å². The summed E-state index contributed by atoms with van der Waals surface area (Å²) < 4.78 is 18.2. The highest BCUT2D eigenvalue weighted by Gasteiger charge is 2.23. The van der Waals surface area contributed by atoms with E-state index in [-0.39, 0.29) is 17.5 Å². The summed E-state index contributed by atoms with van der Waals surface area (Å²) in [5, 5.41) is 2.40. The molecule has 1 N–H and O–H groups in total. The molecule has 1 aromatic carbocycles. The van der Waals surface area contributed by atoms with Gasteiger partial charge in [-0.3, -0.25) is 9.69 Å². The zero-order valence-electron chi connectivity index (χ0n) is 16.0. The Bertz CT molecular complexity index is 1070. The molecule has 0 aliphatic carbocycles. The molecule has 29 heavy (non-hydrogen) atoms. The van der Waals surface area contributed by atoms with E-state index in [1.807, 2.05) is 5.38 Å². The number of H-pyrrole nitrogens is 1. The molecule has 0 radical (unpaired) electrons. The molecule has 0 atom stereocenters. The van der Waals surface area contributed by atoms with Crippen molar-refractivity contribution >= 4 is 27.6 Å². The fourth-order valence-electron chi connectivity index (χ4n) is 3.43. The molecule has 152 valence electrons. The van der Waals surface area contributed by atoms with Gasteiger partial charge in [0.05, 0.1) is 18.5 Å². The second-order valence-corrected chi connectivity index (χ2v) is 7.67. The molecule has 3 heterocycles. The number of carbonyl (C=O) groups is 1. The Morgan fingerprint density at radius 1 is 1.24 bits per heavy atom. The SMILES string of the molecule is CCOC(=O)N1CCN(Cc2nc3scc(-c4ccc(F)cc4)c3c(=O)[nH]2)CC1. The minimum absolute atomic E-state index is 0.198. The number of amides is 1. The van der Waals surface area contributed by atoms with E-state index in [0.29, 0.717) is 55.4 Å². The summed E-state index contributed by atoms with van der Waals surface area (Å²) in [4.78, 5) is 36.5. The largest absolute Gasteiger partial charge is 0.450 e. The number of rotatable bonds is 4. The maximum absolute atomic E-state index is 13.2. The summed E-state index contributed by atoms with van der Waals surface area (Å²) >= 11 is 1.40. The van der Waals surface area contributed by atoms with E-state index in [2.05, 4.69) is 14.9 Å². The highest BCUT2D eigenvalue weighted by Crippen LogP contribution is 2.30. The molecule has 0 spiro atoms. The van der Waals surface area contributed by atoms with Gasteiger partial charge in [0.2, 0.25) is 0 Å². The minimum atomic E-state index is -0.314. The lowest BCUT2D eigenvalue weighted by atomic mass is 10.1. The number of hydrogen-bond donors (Lipinski definition) is 1. The number of piperazine rings is 1. The molecule has 7 nitrogen and oxygen atoms in total. The number of ether oxygens (including phenoxy) is 1. The molecule has 0 saturated carbocycles.